The average molecular weight is 251 g/mol. The van der Waals surface area contributed by atoms with E-state index in [1.165, 1.54) is 26.3 Å². The predicted molar refractivity (Wildman–Crippen MR) is 66.4 cm³/mol. The van der Waals surface area contributed by atoms with Crippen LogP contribution in [0.2, 0.25) is 0 Å². The quantitative estimate of drug-likeness (QED) is 0.892. The largest absolute Gasteiger partial charge is 0.240 e. The number of rotatable bonds is 3. The first-order chi connectivity index (χ1) is 7.97. The van der Waals surface area contributed by atoms with E-state index in [9.17, 15) is 8.42 Å². The first kappa shape index (κ1) is 11.2. The zero-order valence-corrected chi connectivity index (χ0v) is 11.0. The van der Waals surface area contributed by atoms with Crippen molar-refractivity contribution in [2.24, 2.45) is 5.92 Å². The fourth-order valence-corrected chi connectivity index (χ4v) is 4.24. The molecule has 0 aliphatic heterocycles. The maximum atomic E-state index is 12.0. The lowest BCUT2D eigenvalue weighted by molar-refractivity contribution is -0.0296. The van der Waals surface area contributed by atoms with Crippen molar-refractivity contribution in [2.75, 3.05) is 7.05 Å². The van der Waals surface area contributed by atoms with Crippen LogP contribution in [0.5, 0.6) is 0 Å². The number of aryl methyl sites for hydroxylation is 1. The van der Waals surface area contributed by atoms with Gasteiger partial charge in [-0.15, -0.1) is 0 Å². The van der Waals surface area contributed by atoms with E-state index in [1.807, 2.05) is 13.0 Å². The lowest BCUT2D eigenvalue weighted by Gasteiger charge is -2.62. The van der Waals surface area contributed by atoms with Crippen molar-refractivity contribution in [1.82, 2.24) is 4.72 Å². The summed E-state index contributed by atoms with van der Waals surface area (Å²) in [6.07, 6.45) is 3.51. The Hall–Kier alpha value is -0.870. The third kappa shape index (κ3) is 1.47. The van der Waals surface area contributed by atoms with E-state index in [0.29, 0.717) is 4.90 Å². The van der Waals surface area contributed by atoms with Gasteiger partial charge in [0.1, 0.15) is 0 Å². The molecule has 3 nitrogen and oxygen atoms in total. The van der Waals surface area contributed by atoms with Gasteiger partial charge in [0.05, 0.1) is 4.90 Å². The van der Waals surface area contributed by atoms with E-state index in [-0.39, 0.29) is 5.41 Å². The van der Waals surface area contributed by atoms with Crippen molar-refractivity contribution in [2.45, 2.75) is 36.5 Å². The highest BCUT2D eigenvalue weighted by Crippen LogP contribution is 2.65. The Bertz CT molecular complexity index is 560. The van der Waals surface area contributed by atoms with Crippen molar-refractivity contribution >= 4 is 10.0 Å². The molecule has 0 atom stereocenters. The first-order valence-corrected chi connectivity index (χ1v) is 7.50. The van der Waals surface area contributed by atoms with E-state index in [2.05, 4.69) is 10.8 Å². The van der Waals surface area contributed by atoms with Crippen molar-refractivity contribution in [1.29, 1.82) is 0 Å². The summed E-state index contributed by atoms with van der Waals surface area (Å²) >= 11 is 0. The van der Waals surface area contributed by atoms with Gasteiger partial charge in [-0.05, 0) is 56.2 Å². The van der Waals surface area contributed by atoms with Crippen LogP contribution in [-0.4, -0.2) is 15.5 Å². The molecule has 17 heavy (non-hydrogen) atoms. The number of sulfonamides is 1. The normalized spacial score (nSPS) is 30.6. The minimum Gasteiger partial charge on any atom is -0.214 e. The van der Waals surface area contributed by atoms with Crippen molar-refractivity contribution in [3.05, 3.63) is 29.3 Å². The molecule has 0 amide bonds. The molecule has 2 bridgehead atoms. The van der Waals surface area contributed by atoms with Gasteiger partial charge in [0.25, 0.3) is 0 Å². The molecule has 0 heterocycles. The Morgan fingerprint density at radius 3 is 2.41 bits per heavy atom. The Morgan fingerprint density at radius 1 is 1.29 bits per heavy atom. The standard InChI is InChI=1S/C13H17NO2S/c1-9-3-4-12(17(15,16)14-2)11(5-9)13-6-10(7-13)8-13/h3-5,10,14H,6-8H2,1-2H3. The minimum absolute atomic E-state index is 0.177. The van der Waals surface area contributed by atoms with E-state index >= 15 is 0 Å². The molecular weight excluding hydrogens is 234 g/mol. The third-order valence-electron chi connectivity index (χ3n) is 4.30. The Labute approximate surface area is 102 Å². The molecule has 92 valence electrons. The summed E-state index contributed by atoms with van der Waals surface area (Å²) in [5.74, 6) is 0.848. The van der Waals surface area contributed by atoms with Gasteiger partial charge in [-0.3, -0.25) is 0 Å². The predicted octanol–water partition coefficient (Wildman–Crippen LogP) is 1.95. The fraction of sp³-hybridized carbons (Fsp3) is 0.538. The van der Waals surface area contributed by atoms with Gasteiger partial charge < -0.3 is 0 Å². The van der Waals surface area contributed by atoms with Crippen LogP contribution in [0.15, 0.2) is 23.1 Å². The topological polar surface area (TPSA) is 46.2 Å². The molecule has 1 aromatic carbocycles. The highest BCUT2D eigenvalue weighted by Gasteiger charge is 2.58. The van der Waals surface area contributed by atoms with E-state index in [4.69, 9.17) is 0 Å². The summed E-state index contributed by atoms with van der Waals surface area (Å²) in [6.45, 7) is 2.02. The van der Waals surface area contributed by atoms with Gasteiger partial charge in [0.15, 0.2) is 0 Å². The zero-order chi connectivity index (χ0) is 12.3. The van der Waals surface area contributed by atoms with Gasteiger partial charge in [0, 0.05) is 0 Å². The van der Waals surface area contributed by atoms with Crippen LogP contribution in [0.3, 0.4) is 0 Å². The summed E-state index contributed by atoms with van der Waals surface area (Å²) in [4.78, 5) is 0.476. The minimum atomic E-state index is -3.33. The van der Waals surface area contributed by atoms with E-state index in [1.54, 1.807) is 6.07 Å². The lowest BCUT2D eigenvalue weighted by atomic mass is 9.42. The number of hydrogen-bond donors (Lipinski definition) is 1. The Balaban J connectivity index is 2.15. The van der Waals surface area contributed by atoms with Crippen molar-refractivity contribution in [3.8, 4) is 0 Å². The molecule has 3 aliphatic rings. The molecule has 1 N–H and O–H groups in total. The first-order valence-electron chi connectivity index (χ1n) is 6.02. The highest BCUT2D eigenvalue weighted by molar-refractivity contribution is 7.89. The molecule has 0 unspecified atom stereocenters. The fourth-order valence-electron chi connectivity index (χ4n) is 3.21. The Morgan fingerprint density at radius 2 is 1.94 bits per heavy atom. The van der Waals surface area contributed by atoms with Gasteiger partial charge in [-0.25, -0.2) is 13.1 Å². The zero-order valence-electron chi connectivity index (χ0n) is 10.2. The van der Waals surface area contributed by atoms with Gasteiger partial charge in [-0.2, -0.15) is 0 Å². The van der Waals surface area contributed by atoms with Crippen LogP contribution in [0.1, 0.15) is 30.4 Å². The molecule has 0 aromatic heterocycles. The van der Waals surface area contributed by atoms with Gasteiger partial charge in [0.2, 0.25) is 10.0 Å². The second kappa shape index (κ2) is 3.33. The van der Waals surface area contributed by atoms with Crippen LogP contribution in [-0.2, 0) is 15.4 Å². The second-order valence-corrected chi connectivity index (χ2v) is 7.32. The molecule has 0 spiro atoms. The third-order valence-corrected chi connectivity index (χ3v) is 5.78. The van der Waals surface area contributed by atoms with Crippen LogP contribution in [0.25, 0.3) is 0 Å². The average Bonchev–Trinajstić information content (AvgIpc) is 2.12. The van der Waals surface area contributed by atoms with Crippen LogP contribution >= 0.6 is 0 Å². The maximum Gasteiger partial charge on any atom is 0.240 e. The molecule has 4 heteroatoms. The lowest BCUT2D eigenvalue weighted by Crippen LogP contribution is -2.55. The van der Waals surface area contributed by atoms with Gasteiger partial charge >= 0.3 is 0 Å². The van der Waals surface area contributed by atoms with Crippen molar-refractivity contribution < 1.29 is 8.42 Å². The molecule has 0 radical (unpaired) electrons. The molecule has 0 saturated heterocycles. The van der Waals surface area contributed by atoms with Crippen molar-refractivity contribution in [3.63, 3.8) is 0 Å². The number of nitrogens with one attached hydrogen (secondary N) is 1. The molecule has 4 rings (SSSR count). The van der Waals surface area contributed by atoms with Gasteiger partial charge in [-0.1, -0.05) is 17.7 Å². The van der Waals surface area contributed by atoms with Crippen LogP contribution < -0.4 is 4.72 Å². The number of benzene rings is 1. The summed E-state index contributed by atoms with van der Waals surface area (Å²) in [5.41, 5.74) is 2.35. The smallest absolute Gasteiger partial charge is 0.214 e. The van der Waals surface area contributed by atoms with E-state index in [0.717, 1.165) is 17.0 Å². The molecule has 1 aromatic rings. The summed E-state index contributed by atoms with van der Waals surface area (Å²) in [7, 11) is -1.86. The Kier molecular flexibility index (Phi) is 2.20. The molecule has 3 fully saturated rings. The summed E-state index contributed by atoms with van der Waals surface area (Å²) in [6, 6.07) is 5.68. The number of hydrogen-bond acceptors (Lipinski definition) is 2. The maximum absolute atomic E-state index is 12.0. The summed E-state index contributed by atoms with van der Waals surface area (Å²) in [5, 5.41) is 0. The van der Waals surface area contributed by atoms with Crippen LogP contribution in [0, 0.1) is 12.8 Å². The summed E-state index contributed by atoms with van der Waals surface area (Å²) < 4.78 is 26.5. The second-order valence-electron chi connectivity index (χ2n) is 5.47. The molecule has 3 aliphatic carbocycles. The SMILES string of the molecule is CNS(=O)(=O)c1ccc(C)cc1C12CC(C1)C2. The highest BCUT2D eigenvalue weighted by atomic mass is 32.2. The van der Waals surface area contributed by atoms with E-state index < -0.39 is 10.0 Å². The van der Waals surface area contributed by atoms with Crippen LogP contribution in [0.4, 0.5) is 0 Å². The molecular formula is C13H17NO2S. The monoisotopic (exact) mass is 251 g/mol. The molecule has 3 saturated carbocycles.